The first kappa shape index (κ1) is 60.6. The summed E-state index contributed by atoms with van der Waals surface area (Å²) in [6.07, 6.45) is -9.19. The van der Waals surface area contributed by atoms with E-state index in [9.17, 15) is 43.5 Å². The number of ether oxygens (including phenoxy) is 13. The fourth-order valence-electron chi connectivity index (χ4n) is 17.2. The van der Waals surface area contributed by atoms with Gasteiger partial charge in [-0.2, -0.15) is 0 Å². The Labute approximate surface area is 462 Å². The average Bonchev–Trinajstić information content (AvgIpc) is 1.56. The zero-order valence-electron chi connectivity index (χ0n) is 48.5. The molecule has 8 aliphatic rings. The lowest BCUT2D eigenvalue weighted by Gasteiger charge is -2.65. The molecule has 79 heavy (non-hydrogen) atoms. The smallest absolute Gasteiger partial charge is 0.303 e. The summed E-state index contributed by atoms with van der Waals surface area (Å²) in [6, 6.07) is 0. The van der Waals surface area contributed by atoms with E-state index in [-0.39, 0.29) is 23.9 Å². The van der Waals surface area contributed by atoms with Crippen molar-refractivity contribution in [3.63, 3.8) is 0 Å². The maximum absolute atomic E-state index is 13.2. The zero-order chi connectivity index (χ0) is 58.3. The summed E-state index contributed by atoms with van der Waals surface area (Å²) < 4.78 is 80.8. The van der Waals surface area contributed by atoms with Gasteiger partial charge in [-0.3, -0.25) is 38.4 Å². The first-order valence-corrected chi connectivity index (χ1v) is 27.9. The molecule has 444 valence electrons. The Morgan fingerprint density at radius 3 is 1.65 bits per heavy atom. The summed E-state index contributed by atoms with van der Waals surface area (Å²) in [7, 11) is 0. The van der Waals surface area contributed by atoms with Crippen LogP contribution in [0.25, 0.3) is 0 Å². The molecular weight excluding hydrogens is 1040 g/mol. The molecule has 0 aromatic heterocycles. The van der Waals surface area contributed by atoms with Gasteiger partial charge in [0.2, 0.25) is 0 Å². The molecular formula is C57H84O22. The van der Waals surface area contributed by atoms with Crippen LogP contribution < -0.4 is 0 Å². The summed E-state index contributed by atoms with van der Waals surface area (Å²) in [5, 5.41) is 11.2. The first-order valence-electron chi connectivity index (χ1n) is 27.9. The van der Waals surface area contributed by atoms with Crippen molar-refractivity contribution in [2.75, 3.05) is 13.2 Å². The Balaban J connectivity index is 1.24. The second kappa shape index (κ2) is 21.7. The number of fused-ring (bicyclic) bond motifs is 2. The molecule has 8 rings (SSSR count). The predicted molar refractivity (Wildman–Crippen MR) is 270 cm³/mol. The van der Waals surface area contributed by atoms with Crippen LogP contribution in [-0.4, -0.2) is 157 Å². The normalized spacial score (nSPS) is 43.7. The lowest BCUT2D eigenvalue weighted by molar-refractivity contribution is -0.341. The molecule has 22 nitrogen and oxygen atoms in total. The van der Waals surface area contributed by atoms with Crippen LogP contribution in [0.4, 0.5) is 0 Å². The largest absolute Gasteiger partial charge is 0.463 e. The van der Waals surface area contributed by atoms with Crippen LogP contribution in [0.1, 0.15) is 162 Å². The van der Waals surface area contributed by atoms with E-state index in [2.05, 4.69) is 34.6 Å². The molecule has 21 atom stereocenters. The van der Waals surface area contributed by atoms with Gasteiger partial charge in [-0.1, -0.05) is 27.7 Å². The molecule has 0 radical (unpaired) electrons. The van der Waals surface area contributed by atoms with E-state index in [0.717, 1.165) is 33.1 Å². The van der Waals surface area contributed by atoms with Crippen molar-refractivity contribution in [1.29, 1.82) is 0 Å². The third kappa shape index (κ3) is 11.0. The van der Waals surface area contributed by atoms with E-state index in [1.54, 1.807) is 13.8 Å². The van der Waals surface area contributed by atoms with E-state index in [1.807, 2.05) is 0 Å². The molecule has 5 saturated carbocycles. The minimum absolute atomic E-state index is 0.102. The van der Waals surface area contributed by atoms with Gasteiger partial charge < -0.3 is 66.7 Å². The minimum Gasteiger partial charge on any atom is -0.463 e. The van der Waals surface area contributed by atoms with Gasteiger partial charge in [0.1, 0.15) is 18.8 Å². The number of esters is 8. The van der Waals surface area contributed by atoms with Gasteiger partial charge in [0.25, 0.3) is 0 Å². The zero-order valence-corrected chi connectivity index (χ0v) is 48.5. The second-order valence-corrected chi connectivity index (χ2v) is 25.8. The number of carbonyl (C=O) groups excluding carboxylic acids is 8. The van der Waals surface area contributed by atoms with Crippen molar-refractivity contribution in [3.8, 4) is 0 Å². The van der Waals surface area contributed by atoms with Crippen LogP contribution in [-0.2, 0) is 99.9 Å². The topological polar surface area (TPSA) is 277 Å². The summed E-state index contributed by atoms with van der Waals surface area (Å²) in [4.78, 5) is 102. The van der Waals surface area contributed by atoms with Crippen LogP contribution in [0.2, 0.25) is 0 Å². The number of aliphatic hydroxyl groups is 1. The SMILES string of the molecule is CC(=O)OCC1OC(O[C@H]2CC3[C@]4(CC[C@]5(C)C([C@]6(C)CC[C@@H](C(C)(C)O)O6)C(OC(C)=O)C[C@@]35C)C[C@@]43CCC(OC4OCC(OC(C)=O)C(OC(C)=O)C4OC(C)=O)C(C)(C)C23)C(OC(C)=O)C(OC(C)=O)C1OC(C)=O. The highest BCUT2D eigenvalue weighted by Gasteiger charge is 2.86. The molecule has 3 aliphatic heterocycles. The van der Waals surface area contributed by atoms with Crippen molar-refractivity contribution in [2.24, 2.45) is 44.8 Å². The lowest BCUT2D eigenvalue weighted by atomic mass is 9.41. The van der Waals surface area contributed by atoms with Crippen LogP contribution in [0, 0.1) is 44.8 Å². The van der Waals surface area contributed by atoms with Gasteiger partial charge in [-0.25, -0.2) is 0 Å². The number of hydrogen-bond donors (Lipinski definition) is 1. The van der Waals surface area contributed by atoms with Crippen molar-refractivity contribution in [1.82, 2.24) is 0 Å². The molecule has 3 saturated heterocycles. The van der Waals surface area contributed by atoms with E-state index in [0.29, 0.717) is 38.5 Å². The molecule has 2 spiro atoms. The molecule has 14 unspecified atom stereocenters. The fourth-order valence-corrected chi connectivity index (χ4v) is 17.2. The van der Waals surface area contributed by atoms with E-state index in [1.165, 1.54) is 41.5 Å². The Morgan fingerprint density at radius 2 is 1.09 bits per heavy atom. The highest BCUT2D eigenvalue weighted by Crippen LogP contribution is 2.89. The molecule has 8 fully saturated rings. The molecule has 5 aliphatic carbocycles. The number of rotatable bonds is 15. The van der Waals surface area contributed by atoms with Crippen LogP contribution in [0.15, 0.2) is 0 Å². The molecule has 22 heteroatoms. The van der Waals surface area contributed by atoms with Gasteiger partial charge in [0.05, 0.1) is 36.1 Å². The third-order valence-corrected chi connectivity index (χ3v) is 19.9. The third-order valence-electron chi connectivity index (χ3n) is 19.9. The van der Waals surface area contributed by atoms with E-state index in [4.69, 9.17) is 61.6 Å². The maximum atomic E-state index is 13.2. The molecule has 1 N–H and O–H groups in total. The highest BCUT2D eigenvalue weighted by atomic mass is 16.7. The van der Waals surface area contributed by atoms with Gasteiger partial charge >= 0.3 is 47.8 Å². The van der Waals surface area contributed by atoms with Gasteiger partial charge in [-0.15, -0.1) is 0 Å². The van der Waals surface area contributed by atoms with Gasteiger partial charge in [0.15, 0.2) is 49.2 Å². The van der Waals surface area contributed by atoms with Crippen LogP contribution in [0.5, 0.6) is 0 Å². The Morgan fingerprint density at radius 1 is 0.544 bits per heavy atom. The summed E-state index contributed by atoms with van der Waals surface area (Å²) in [6.45, 7) is 23.3. The Kier molecular flexibility index (Phi) is 16.6. The summed E-state index contributed by atoms with van der Waals surface area (Å²) in [5.41, 5.74) is -4.52. The van der Waals surface area contributed by atoms with Crippen molar-refractivity contribution >= 4 is 47.8 Å². The highest BCUT2D eigenvalue weighted by molar-refractivity contribution is 5.70. The molecule has 0 aromatic carbocycles. The molecule has 3 heterocycles. The molecule has 0 aromatic rings. The van der Waals surface area contributed by atoms with Crippen molar-refractivity contribution < 1.29 is 105 Å². The maximum Gasteiger partial charge on any atom is 0.303 e. The van der Waals surface area contributed by atoms with Crippen molar-refractivity contribution in [3.05, 3.63) is 0 Å². The first-order chi connectivity index (χ1) is 36.6. The van der Waals surface area contributed by atoms with Crippen LogP contribution in [0.3, 0.4) is 0 Å². The lowest BCUT2D eigenvalue weighted by Crippen LogP contribution is -2.66. The summed E-state index contributed by atoms with van der Waals surface area (Å²) in [5.74, 6) is -6.34. The van der Waals surface area contributed by atoms with Crippen molar-refractivity contribution in [2.45, 2.75) is 253 Å². The van der Waals surface area contributed by atoms with E-state index < -0.39 is 173 Å². The molecule has 0 bridgehead atoms. The minimum atomic E-state index is -1.53. The Hall–Kier alpha value is -4.48. The van der Waals surface area contributed by atoms with Gasteiger partial charge in [0, 0.05) is 61.3 Å². The summed E-state index contributed by atoms with van der Waals surface area (Å²) >= 11 is 0. The average molecular weight is 1120 g/mol. The standard InChI is InChI=1S/C57H84O22/c1-27(58)67-24-38-42(71-30(4)61)44(73-32(6)63)46(75-34(8)65)50(77-38)76-35-22-39-54(14)23-36(69-28(2)59)48(55(15)18-16-41(79-55)52(11,12)66)53(54,13)20-21-56(39)26-57(56)19-17-40(51(9,10)47(35)57)78-49-45(74-33(7)64)43(72-31(5)62)37(25-68-49)70-29(3)60/h35-50,66H,16-26H2,1-15H3/t35-,36?,37?,38?,39?,40?,41-,42?,43?,44?,45?,46?,47?,48?,49?,50?,53+,54-,55-,56-,57+/m0/s1. The predicted octanol–water partition coefficient (Wildman–Crippen LogP) is 5.29. The fraction of sp³-hybridized carbons (Fsp3) is 0.860. The number of hydrogen-bond acceptors (Lipinski definition) is 22. The van der Waals surface area contributed by atoms with Crippen LogP contribution >= 0.6 is 0 Å². The Bertz CT molecular complexity index is 2400. The number of carbonyl (C=O) groups is 8. The van der Waals surface area contributed by atoms with Gasteiger partial charge in [-0.05, 0) is 117 Å². The quantitative estimate of drug-likeness (QED) is 0.124. The van der Waals surface area contributed by atoms with E-state index >= 15 is 0 Å². The monoisotopic (exact) mass is 1120 g/mol. The second-order valence-electron chi connectivity index (χ2n) is 25.8. The molecule has 0 amide bonds.